The molecule has 0 fully saturated rings. The Bertz CT molecular complexity index is 1440. The smallest absolute Gasteiger partial charge is 0.420 e. The molecular weight excluding hydrogens is 585 g/mol. The van der Waals surface area contributed by atoms with Crippen LogP contribution in [0, 0.1) is 52.4 Å². The number of halogens is 15. The van der Waals surface area contributed by atoms with Gasteiger partial charge in [-0.25, -0.2) is 30.7 Å². The summed E-state index contributed by atoms with van der Waals surface area (Å²) in [5, 5.41) is 0. The molecule has 19 heteroatoms. The van der Waals surface area contributed by atoms with Crippen molar-refractivity contribution in [2.24, 2.45) is 0 Å². The summed E-state index contributed by atoms with van der Waals surface area (Å²) in [6.45, 7) is 0. The molecule has 4 N–H and O–H groups in total. The summed E-state index contributed by atoms with van der Waals surface area (Å²) in [7, 11) is 0. The van der Waals surface area contributed by atoms with Crippen molar-refractivity contribution in [3.63, 3.8) is 0 Å². The third kappa shape index (κ3) is 4.87. The van der Waals surface area contributed by atoms with E-state index in [2.05, 4.69) is 9.47 Å². The van der Waals surface area contributed by atoms with Crippen LogP contribution in [0.2, 0.25) is 0 Å². The maximum Gasteiger partial charge on any atom is 0.420 e. The lowest BCUT2D eigenvalue weighted by Gasteiger charge is -2.22. The van der Waals surface area contributed by atoms with Gasteiger partial charge in [-0.1, -0.05) is 0 Å². The third-order valence-electron chi connectivity index (χ3n) is 4.70. The molecule has 0 radical (unpaired) electrons. The van der Waals surface area contributed by atoms with Crippen LogP contribution in [-0.2, 0) is 12.4 Å². The molecule has 0 saturated heterocycles. The molecule has 0 heterocycles. The lowest BCUT2D eigenvalue weighted by molar-refractivity contribution is -0.164. The highest BCUT2D eigenvalue weighted by molar-refractivity contribution is 5.57. The number of alkyl halides is 6. The number of hydrogen-bond donors (Lipinski definition) is 2. The summed E-state index contributed by atoms with van der Waals surface area (Å²) in [6, 6.07) is -0.625. The fourth-order valence-corrected chi connectivity index (χ4v) is 2.97. The summed E-state index contributed by atoms with van der Waals surface area (Å²) in [6.07, 6.45) is -12.7. The van der Waals surface area contributed by atoms with Gasteiger partial charge in [0, 0.05) is 6.07 Å². The highest BCUT2D eigenvalue weighted by Gasteiger charge is 2.50. The van der Waals surface area contributed by atoms with E-state index < -0.39 is 116 Å². The first-order valence-electron chi connectivity index (χ1n) is 9.31. The maximum absolute atomic E-state index is 14.7. The molecule has 212 valence electrons. The number of ether oxygens (including phenoxy) is 2. The molecule has 0 unspecified atom stereocenters. The van der Waals surface area contributed by atoms with E-state index in [1.54, 1.807) is 0 Å². The zero-order chi connectivity index (χ0) is 29.9. The first-order valence-corrected chi connectivity index (χ1v) is 9.31. The number of hydrogen-bond acceptors (Lipinski definition) is 4. The Morgan fingerprint density at radius 2 is 0.795 bits per heavy atom. The number of rotatable bonds is 4. The zero-order valence-corrected chi connectivity index (χ0v) is 17.7. The van der Waals surface area contributed by atoms with Crippen molar-refractivity contribution < 1.29 is 75.3 Å². The van der Waals surface area contributed by atoms with Crippen molar-refractivity contribution in [3.05, 3.63) is 69.5 Å². The van der Waals surface area contributed by atoms with Crippen LogP contribution in [0.4, 0.5) is 77.2 Å². The van der Waals surface area contributed by atoms with E-state index in [0.29, 0.717) is 0 Å². The molecule has 0 amide bonds. The summed E-state index contributed by atoms with van der Waals surface area (Å²) in [5.41, 5.74) is -0.800. The fraction of sp³-hybridized carbons (Fsp3) is 0.100. The van der Waals surface area contributed by atoms with Crippen LogP contribution in [0.5, 0.6) is 23.0 Å². The SMILES string of the molecule is Nc1c(F)c(F)c(F)c(Oc2cc(Oc3c(F)c(N)c(F)c(F)c3F)c(C(F)(F)F)c(C(F)(F)F)c2F)c1F. The number of benzene rings is 3. The van der Waals surface area contributed by atoms with Gasteiger partial charge in [-0.15, -0.1) is 0 Å². The summed E-state index contributed by atoms with van der Waals surface area (Å²) in [5.74, 6) is -33.0. The molecule has 4 nitrogen and oxygen atoms in total. The summed E-state index contributed by atoms with van der Waals surface area (Å²) >= 11 is 0. The first kappa shape index (κ1) is 29.4. The normalized spacial score (nSPS) is 12.2. The van der Waals surface area contributed by atoms with Crippen molar-refractivity contribution in [2.75, 3.05) is 11.5 Å². The average molecular weight is 590 g/mol. The van der Waals surface area contributed by atoms with Crippen LogP contribution < -0.4 is 20.9 Å². The Balaban J connectivity index is 2.42. The van der Waals surface area contributed by atoms with Crippen molar-refractivity contribution in [1.82, 2.24) is 0 Å². The minimum absolute atomic E-state index is 0.625. The van der Waals surface area contributed by atoms with E-state index in [0.717, 1.165) is 0 Å². The van der Waals surface area contributed by atoms with Crippen LogP contribution in [0.3, 0.4) is 0 Å². The fourth-order valence-electron chi connectivity index (χ4n) is 2.97. The Labute approximate surface area is 204 Å². The van der Waals surface area contributed by atoms with Gasteiger partial charge in [0.15, 0.2) is 34.8 Å². The van der Waals surface area contributed by atoms with Crippen LogP contribution >= 0.6 is 0 Å². The molecule has 0 spiro atoms. The second kappa shape index (κ2) is 9.53. The van der Waals surface area contributed by atoms with Crippen LogP contribution in [0.1, 0.15) is 11.1 Å². The van der Waals surface area contributed by atoms with Gasteiger partial charge in [-0.3, -0.25) is 0 Å². The van der Waals surface area contributed by atoms with Gasteiger partial charge >= 0.3 is 12.4 Å². The Hall–Kier alpha value is -4.19. The van der Waals surface area contributed by atoms with E-state index in [4.69, 9.17) is 11.5 Å². The molecule has 3 aromatic carbocycles. The predicted octanol–water partition coefficient (Wildman–Crippen LogP) is 7.73. The highest BCUT2D eigenvalue weighted by atomic mass is 19.4. The molecule has 0 aliphatic rings. The summed E-state index contributed by atoms with van der Waals surface area (Å²) < 4.78 is 215. The number of nitrogens with two attached hydrogens (primary N) is 2. The van der Waals surface area contributed by atoms with E-state index in [1.165, 1.54) is 0 Å². The van der Waals surface area contributed by atoms with Gasteiger partial charge in [0.05, 0.1) is 0 Å². The molecular formula is C20H5F15N2O2. The molecule has 39 heavy (non-hydrogen) atoms. The van der Waals surface area contributed by atoms with Gasteiger partial charge < -0.3 is 20.9 Å². The van der Waals surface area contributed by atoms with Gasteiger partial charge in [0.1, 0.15) is 28.3 Å². The second-order valence-corrected chi connectivity index (χ2v) is 7.13. The molecule has 0 aromatic heterocycles. The van der Waals surface area contributed by atoms with E-state index in [-0.39, 0.29) is 0 Å². The molecule has 0 saturated carbocycles. The maximum atomic E-state index is 14.7. The predicted molar refractivity (Wildman–Crippen MR) is 97.9 cm³/mol. The monoisotopic (exact) mass is 590 g/mol. The minimum Gasteiger partial charge on any atom is -0.450 e. The van der Waals surface area contributed by atoms with Crippen molar-refractivity contribution in [2.45, 2.75) is 12.4 Å². The van der Waals surface area contributed by atoms with Crippen LogP contribution in [0.25, 0.3) is 0 Å². The number of anilines is 2. The van der Waals surface area contributed by atoms with Gasteiger partial charge in [-0.05, 0) is 0 Å². The van der Waals surface area contributed by atoms with Crippen molar-refractivity contribution in [1.29, 1.82) is 0 Å². The highest BCUT2D eigenvalue weighted by Crippen LogP contribution is 2.51. The molecule has 3 rings (SSSR count). The van der Waals surface area contributed by atoms with E-state index in [1.807, 2.05) is 0 Å². The molecule has 0 aliphatic carbocycles. The van der Waals surface area contributed by atoms with E-state index in [9.17, 15) is 65.9 Å². The quantitative estimate of drug-likeness (QED) is 0.141. The molecule has 0 bridgehead atoms. The van der Waals surface area contributed by atoms with Crippen LogP contribution in [0.15, 0.2) is 6.07 Å². The number of nitrogen functional groups attached to an aromatic ring is 2. The molecule has 3 aromatic rings. The average Bonchev–Trinajstić information content (AvgIpc) is 2.84. The van der Waals surface area contributed by atoms with Crippen molar-refractivity contribution >= 4 is 11.4 Å². The van der Waals surface area contributed by atoms with Gasteiger partial charge in [0.2, 0.25) is 34.8 Å². The minimum atomic E-state index is -6.39. The first-order chi connectivity index (χ1) is 17.7. The molecule has 0 aliphatic heterocycles. The summed E-state index contributed by atoms with van der Waals surface area (Å²) in [4.78, 5) is 0. The Morgan fingerprint density at radius 1 is 0.436 bits per heavy atom. The zero-order valence-electron chi connectivity index (χ0n) is 17.7. The lowest BCUT2D eigenvalue weighted by atomic mass is 10.0. The third-order valence-corrected chi connectivity index (χ3v) is 4.70. The standard InChI is InChI=1S/C20H5F15N2O2/c21-6-3(39-18-12(27)8(23)10(25)16(37)14(18)29)1-2(4(19(30,31)32)5(6)20(33,34)35)38-17-11(26)7(22)9(24)15(36)13(17)28/h1H,36-37H2. The second-order valence-electron chi connectivity index (χ2n) is 7.13. The lowest BCUT2D eigenvalue weighted by Crippen LogP contribution is -2.21. The van der Waals surface area contributed by atoms with Crippen LogP contribution in [-0.4, -0.2) is 0 Å². The Kier molecular flexibility index (Phi) is 7.17. The van der Waals surface area contributed by atoms with Gasteiger partial charge in [-0.2, -0.15) is 35.1 Å². The Morgan fingerprint density at radius 3 is 1.15 bits per heavy atom. The van der Waals surface area contributed by atoms with E-state index >= 15 is 0 Å². The topological polar surface area (TPSA) is 70.5 Å². The van der Waals surface area contributed by atoms with Gasteiger partial charge in [0.25, 0.3) is 0 Å². The molecule has 0 atom stereocenters. The van der Waals surface area contributed by atoms with Crippen molar-refractivity contribution in [3.8, 4) is 23.0 Å². The largest absolute Gasteiger partial charge is 0.450 e.